The van der Waals surface area contributed by atoms with Gasteiger partial charge in [-0.05, 0) is 18.1 Å². The van der Waals surface area contributed by atoms with E-state index in [1.54, 1.807) is 0 Å². The minimum absolute atomic E-state index is 0.242. The summed E-state index contributed by atoms with van der Waals surface area (Å²) in [6.45, 7) is 4.48. The zero-order valence-electron chi connectivity index (χ0n) is 11.5. The minimum atomic E-state index is -0.242. The number of fused-ring (bicyclic) bond motifs is 1. The molecule has 20 heavy (non-hydrogen) atoms. The highest BCUT2D eigenvalue weighted by atomic mass is 16.5. The van der Waals surface area contributed by atoms with E-state index in [1.165, 1.54) is 0 Å². The van der Waals surface area contributed by atoms with E-state index in [0.29, 0.717) is 18.3 Å². The molecule has 1 aliphatic heterocycles. The van der Waals surface area contributed by atoms with Crippen molar-refractivity contribution >= 4 is 11.6 Å². The maximum absolute atomic E-state index is 6.01. The maximum atomic E-state index is 6.01. The van der Waals surface area contributed by atoms with Crippen molar-refractivity contribution in [3.8, 4) is 5.75 Å². The van der Waals surface area contributed by atoms with Gasteiger partial charge in [0.15, 0.2) is 0 Å². The molecular formula is C15H17N3O2. The van der Waals surface area contributed by atoms with Gasteiger partial charge >= 0.3 is 0 Å². The van der Waals surface area contributed by atoms with Crippen molar-refractivity contribution in [2.24, 2.45) is 11.7 Å². The molecule has 2 aromatic rings. The average Bonchev–Trinajstić information content (AvgIpc) is 2.95. The van der Waals surface area contributed by atoms with E-state index < -0.39 is 0 Å². The summed E-state index contributed by atoms with van der Waals surface area (Å²) in [5, 5.41) is 4.00. The van der Waals surface area contributed by atoms with Crippen LogP contribution in [0.1, 0.15) is 37.2 Å². The molecule has 1 aromatic carbocycles. The molecule has 0 radical (unpaired) electrons. The standard InChI is InChI=1S/C15H17N3O2/c1-9(2)13(16)15-17-14(18-20-15)11-7-10-5-3-4-6-12(10)19-8-11/h3-7,9,13H,8,16H2,1-2H3/t13-/m0/s1. The lowest BCUT2D eigenvalue weighted by Gasteiger charge is -2.15. The average molecular weight is 271 g/mol. The van der Waals surface area contributed by atoms with E-state index in [9.17, 15) is 0 Å². The second-order valence-corrected chi connectivity index (χ2v) is 5.22. The van der Waals surface area contributed by atoms with E-state index >= 15 is 0 Å². The first kappa shape index (κ1) is 12.9. The molecule has 5 nitrogen and oxygen atoms in total. The Hall–Kier alpha value is -2.14. The lowest BCUT2D eigenvalue weighted by atomic mass is 10.1. The van der Waals surface area contributed by atoms with Gasteiger partial charge in [0.1, 0.15) is 12.4 Å². The summed E-state index contributed by atoms with van der Waals surface area (Å²) in [7, 11) is 0. The maximum Gasteiger partial charge on any atom is 0.244 e. The molecule has 0 unspecified atom stereocenters. The fourth-order valence-electron chi connectivity index (χ4n) is 2.03. The molecule has 0 saturated heterocycles. The molecule has 0 amide bonds. The normalized spacial score (nSPS) is 15.5. The Bertz CT molecular complexity index is 646. The van der Waals surface area contributed by atoms with Gasteiger partial charge in [0.25, 0.3) is 0 Å². The number of rotatable bonds is 3. The van der Waals surface area contributed by atoms with Gasteiger partial charge in [0.2, 0.25) is 11.7 Å². The van der Waals surface area contributed by atoms with Gasteiger partial charge in [-0.1, -0.05) is 37.2 Å². The van der Waals surface area contributed by atoms with E-state index in [2.05, 4.69) is 10.1 Å². The van der Waals surface area contributed by atoms with Crippen LogP contribution in [-0.4, -0.2) is 16.7 Å². The van der Waals surface area contributed by atoms with Crippen LogP contribution in [-0.2, 0) is 0 Å². The smallest absolute Gasteiger partial charge is 0.244 e. The van der Waals surface area contributed by atoms with E-state index in [-0.39, 0.29) is 12.0 Å². The van der Waals surface area contributed by atoms with Gasteiger partial charge in [0.05, 0.1) is 6.04 Å². The molecule has 3 rings (SSSR count). The van der Waals surface area contributed by atoms with Gasteiger partial charge in [-0.25, -0.2) is 0 Å². The molecule has 0 fully saturated rings. The second-order valence-electron chi connectivity index (χ2n) is 5.22. The highest BCUT2D eigenvalue weighted by Gasteiger charge is 2.21. The highest BCUT2D eigenvalue weighted by molar-refractivity contribution is 5.82. The van der Waals surface area contributed by atoms with Crippen LogP contribution in [0, 0.1) is 5.92 Å². The molecule has 0 aliphatic carbocycles. The van der Waals surface area contributed by atoms with Crippen molar-refractivity contribution in [3.63, 3.8) is 0 Å². The highest BCUT2D eigenvalue weighted by Crippen LogP contribution is 2.29. The van der Waals surface area contributed by atoms with Crippen molar-refractivity contribution < 1.29 is 9.26 Å². The topological polar surface area (TPSA) is 74.2 Å². The fraction of sp³-hybridized carbons (Fsp3) is 0.333. The Balaban J connectivity index is 1.90. The first-order valence-corrected chi connectivity index (χ1v) is 6.67. The lowest BCUT2D eigenvalue weighted by Crippen LogP contribution is -2.17. The summed E-state index contributed by atoms with van der Waals surface area (Å²) in [5.74, 6) is 2.14. The molecule has 2 heterocycles. The largest absolute Gasteiger partial charge is 0.488 e. The summed E-state index contributed by atoms with van der Waals surface area (Å²) in [6.07, 6.45) is 2.02. The van der Waals surface area contributed by atoms with Crippen LogP contribution < -0.4 is 10.5 Å². The Labute approximate surface area is 117 Å². The van der Waals surface area contributed by atoms with Gasteiger partial charge in [0, 0.05) is 11.1 Å². The fourth-order valence-corrected chi connectivity index (χ4v) is 2.03. The third-order valence-corrected chi connectivity index (χ3v) is 3.36. The van der Waals surface area contributed by atoms with Gasteiger partial charge < -0.3 is 15.0 Å². The van der Waals surface area contributed by atoms with Crippen molar-refractivity contribution in [2.75, 3.05) is 6.61 Å². The third-order valence-electron chi connectivity index (χ3n) is 3.36. The predicted octanol–water partition coefficient (Wildman–Crippen LogP) is 2.66. The van der Waals surface area contributed by atoms with Crippen molar-refractivity contribution in [1.82, 2.24) is 10.1 Å². The summed E-state index contributed by atoms with van der Waals surface area (Å²) in [4.78, 5) is 4.38. The molecule has 1 atom stereocenters. The summed E-state index contributed by atoms with van der Waals surface area (Å²) in [5.41, 5.74) is 7.93. The van der Waals surface area contributed by atoms with Crippen LogP contribution in [0.25, 0.3) is 11.6 Å². The van der Waals surface area contributed by atoms with Crippen LogP contribution in [0.15, 0.2) is 28.8 Å². The molecule has 0 saturated carbocycles. The van der Waals surface area contributed by atoms with E-state index in [4.69, 9.17) is 15.0 Å². The number of ether oxygens (including phenoxy) is 1. The molecule has 1 aliphatic rings. The molecule has 2 N–H and O–H groups in total. The Morgan fingerprint density at radius 2 is 2.05 bits per heavy atom. The molecule has 5 heteroatoms. The SMILES string of the molecule is CC(C)[C@H](N)c1nc(C2=Cc3ccccc3OC2)no1. The van der Waals surface area contributed by atoms with Crippen LogP contribution in [0.3, 0.4) is 0 Å². The van der Waals surface area contributed by atoms with Crippen molar-refractivity contribution in [3.05, 3.63) is 41.5 Å². The van der Waals surface area contributed by atoms with Crippen LogP contribution in [0.2, 0.25) is 0 Å². The number of benzene rings is 1. The zero-order valence-corrected chi connectivity index (χ0v) is 11.5. The number of aromatic nitrogens is 2. The summed E-state index contributed by atoms with van der Waals surface area (Å²) >= 11 is 0. The Morgan fingerprint density at radius 3 is 2.85 bits per heavy atom. The van der Waals surface area contributed by atoms with Gasteiger partial charge in [-0.2, -0.15) is 4.98 Å². The Morgan fingerprint density at radius 1 is 1.25 bits per heavy atom. The quantitative estimate of drug-likeness (QED) is 0.929. The number of hydrogen-bond donors (Lipinski definition) is 1. The van der Waals surface area contributed by atoms with Gasteiger partial charge in [-0.3, -0.25) is 0 Å². The molecular weight excluding hydrogens is 254 g/mol. The third kappa shape index (κ3) is 2.32. The molecule has 104 valence electrons. The van der Waals surface area contributed by atoms with Gasteiger partial charge in [-0.15, -0.1) is 0 Å². The minimum Gasteiger partial charge on any atom is -0.488 e. The number of para-hydroxylation sites is 1. The van der Waals surface area contributed by atoms with Crippen molar-refractivity contribution in [1.29, 1.82) is 0 Å². The van der Waals surface area contributed by atoms with Crippen LogP contribution >= 0.6 is 0 Å². The molecule has 1 aromatic heterocycles. The number of nitrogens with zero attached hydrogens (tertiary/aromatic N) is 2. The van der Waals surface area contributed by atoms with E-state index in [0.717, 1.165) is 16.9 Å². The second kappa shape index (κ2) is 5.09. The van der Waals surface area contributed by atoms with E-state index in [1.807, 2.05) is 44.2 Å². The molecule has 0 bridgehead atoms. The number of hydrogen-bond acceptors (Lipinski definition) is 5. The van der Waals surface area contributed by atoms with Crippen molar-refractivity contribution in [2.45, 2.75) is 19.9 Å². The summed E-state index contributed by atoms with van der Waals surface area (Å²) in [6, 6.07) is 7.62. The van der Waals surface area contributed by atoms with Crippen LogP contribution in [0.4, 0.5) is 0 Å². The number of nitrogens with two attached hydrogens (primary N) is 1. The summed E-state index contributed by atoms with van der Waals surface area (Å²) < 4.78 is 10.9. The monoisotopic (exact) mass is 271 g/mol. The lowest BCUT2D eigenvalue weighted by molar-refractivity contribution is 0.322. The first-order valence-electron chi connectivity index (χ1n) is 6.67. The van der Waals surface area contributed by atoms with Crippen LogP contribution in [0.5, 0.6) is 5.75 Å². The first-order chi connectivity index (χ1) is 9.65. The zero-order chi connectivity index (χ0) is 14.1. The molecule has 0 spiro atoms. The predicted molar refractivity (Wildman–Crippen MR) is 75.9 cm³/mol. The Kier molecular flexibility index (Phi) is 3.28.